The number of nitriles is 1. The molecule has 0 radical (unpaired) electrons. The predicted octanol–water partition coefficient (Wildman–Crippen LogP) is 3.58. The number of carbonyl (C=O) groups excluding carboxylic acids is 1. The molecule has 0 aliphatic rings. The average Bonchev–Trinajstić information content (AvgIpc) is 3.29. The maximum atomic E-state index is 12.5. The summed E-state index contributed by atoms with van der Waals surface area (Å²) in [5.41, 5.74) is 1.35. The summed E-state index contributed by atoms with van der Waals surface area (Å²) >= 11 is 2.63. The number of amides is 1. The molecule has 27 heavy (non-hydrogen) atoms. The van der Waals surface area contributed by atoms with E-state index in [1.807, 2.05) is 16.7 Å². The van der Waals surface area contributed by atoms with Crippen LogP contribution in [0.25, 0.3) is 11.4 Å². The van der Waals surface area contributed by atoms with Gasteiger partial charge in [-0.1, -0.05) is 17.8 Å². The van der Waals surface area contributed by atoms with Gasteiger partial charge in [0, 0.05) is 24.5 Å². The van der Waals surface area contributed by atoms with Gasteiger partial charge in [0.05, 0.1) is 10.8 Å². The summed E-state index contributed by atoms with van der Waals surface area (Å²) in [6, 6.07) is 7.45. The number of anilines is 1. The first-order valence-electron chi connectivity index (χ1n) is 8.03. The van der Waals surface area contributed by atoms with Crippen molar-refractivity contribution >= 4 is 34.0 Å². The first-order chi connectivity index (χ1) is 13.1. The van der Waals surface area contributed by atoms with Crippen LogP contribution in [0, 0.1) is 11.3 Å². The highest BCUT2D eigenvalue weighted by molar-refractivity contribution is 8.00. The number of aromatic nitrogens is 4. The average molecular weight is 397 g/mol. The molecule has 0 bridgehead atoms. The Labute approximate surface area is 164 Å². The summed E-state index contributed by atoms with van der Waals surface area (Å²) in [5, 5.41) is 22.9. The van der Waals surface area contributed by atoms with Gasteiger partial charge in [0.15, 0.2) is 11.0 Å². The fraction of sp³-hybridized carbons (Fsp3) is 0.167. The van der Waals surface area contributed by atoms with Crippen molar-refractivity contribution in [3.63, 3.8) is 0 Å². The second kappa shape index (κ2) is 8.62. The summed E-state index contributed by atoms with van der Waals surface area (Å²) in [4.78, 5) is 16.5. The number of rotatable bonds is 7. The van der Waals surface area contributed by atoms with Crippen LogP contribution in [0.5, 0.6) is 0 Å². The van der Waals surface area contributed by atoms with Gasteiger partial charge in [0.25, 0.3) is 0 Å². The lowest BCUT2D eigenvalue weighted by molar-refractivity contribution is -0.115. The molecule has 0 saturated carbocycles. The third-order valence-electron chi connectivity index (χ3n) is 3.64. The first-order valence-corrected chi connectivity index (χ1v) is 9.79. The topological polar surface area (TPSA) is 96.5 Å². The molecule has 3 heterocycles. The van der Waals surface area contributed by atoms with Gasteiger partial charge in [0.2, 0.25) is 5.91 Å². The SMILES string of the molecule is C=CCn1c(S[C@@H](C)C(=O)Nc2sccc2C#N)nnc1-c1ccncc1. The summed E-state index contributed by atoms with van der Waals surface area (Å²) in [6.45, 7) is 6.10. The number of hydrogen-bond donors (Lipinski definition) is 1. The van der Waals surface area contributed by atoms with E-state index < -0.39 is 5.25 Å². The van der Waals surface area contributed by atoms with Crippen molar-refractivity contribution in [1.29, 1.82) is 5.26 Å². The Kier molecular flexibility index (Phi) is 6.01. The number of thiophene rings is 1. The molecular formula is C18H16N6OS2. The van der Waals surface area contributed by atoms with Crippen LogP contribution < -0.4 is 5.32 Å². The Morgan fingerprint density at radius 3 is 2.93 bits per heavy atom. The highest BCUT2D eigenvalue weighted by Gasteiger charge is 2.21. The van der Waals surface area contributed by atoms with E-state index in [-0.39, 0.29) is 5.91 Å². The summed E-state index contributed by atoms with van der Waals surface area (Å²) in [7, 11) is 0. The van der Waals surface area contributed by atoms with E-state index in [1.54, 1.807) is 36.8 Å². The van der Waals surface area contributed by atoms with Crippen molar-refractivity contribution in [3.8, 4) is 17.5 Å². The molecule has 0 unspecified atom stereocenters. The van der Waals surface area contributed by atoms with Crippen LogP contribution in [0.15, 0.2) is 53.8 Å². The molecule has 7 nitrogen and oxygen atoms in total. The smallest absolute Gasteiger partial charge is 0.238 e. The Hall–Kier alpha value is -2.96. The first kappa shape index (κ1) is 18.8. The second-order valence-electron chi connectivity index (χ2n) is 5.47. The minimum atomic E-state index is -0.420. The lowest BCUT2D eigenvalue weighted by atomic mass is 10.2. The normalized spacial score (nSPS) is 11.6. The predicted molar refractivity (Wildman–Crippen MR) is 106 cm³/mol. The zero-order valence-corrected chi connectivity index (χ0v) is 16.1. The van der Waals surface area contributed by atoms with Crippen LogP contribution in [0.1, 0.15) is 12.5 Å². The Morgan fingerprint density at radius 2 is 2.22 bits per heavy atom. The molecule has 1 atom stereocenters. The molecule has 1 N–H and O–H groups in total. The fourth-order valence-electron chi connectivity index (χ4n) is 2.30. The lowest BCUT2D eigenvalue weighted by Crippen LogP contribution is -2.22. The quantitative estimate of drug-likeness (QED) is 0.484. The molecule has 3 rings (SSSR count). The maximum absolute atomic E-state index is 12.5. The maximum Gasteiger partial charge on any atom is 0.238 e. The summed E-state index contributed by atoms with van der Waals surface area (Å²) in [5.74, 6) is 0.495. The fourth-order valence-corrected chi connectivity index (χ4v) is 3.90. The molecular weight excluding hydrogens is 380 g/mol. The number of allylic oxidation sites excluding steroid dienone is 1. The number of nitrogens with zero attached hydrogens (tertiary/aromatic N) is 5. The molecule has 0 aliphatic heterocycles. The molecule has 3 aromatic heterocycles. The highest BCUT2D eigenvalue weighted by Crippen LogP contribution is 2.28. The molecule has 0 aliphatic carbocycles. The van der Waals surface area contributed by atoms with Gasteiger partial charge < -0.3 is 5.32 Å². The van der Waals surface area contributed by atoms with Crippen LogP contribution >= 0.6 is 23.1 Å². The zero-order valence-electron chi connectivity index (χ0n) is 14.5. The molecule has 9 heteroatoms. The monoisotopic (exact) mass is 396 g/mol. The Bertz CT molecular complexity index is 989. The van der Waals surface area contributed by atoms with Crippen molar-refractivity contribution in [1.82, 2.24) is 19.7 Å². The lowest BCUT2D eigenvalue weighted by Gasteiger charge is -2.12. The van der Waals surface area contributed by atoms with Gasteiger partial charge in [0.1, 0.15) is 11.1 Å². The minimum absolute atomic E-state index is 0.197. The number of thioether (sulfide) groups is 1. The molecule has 0 saturated heterocycles. The van der Waals surface area contributed by atoms with E-state index >= 15 is 0 Å². The van der Waals surface area contributed by atoms with Gasteiger partial charge in [-0.25, -0.2) is 0 Å². The molecule has 0 spiro atoms. The Morgan fingerprint density at radius 1 is 1.44 bits per heavy atom. The van der Waals surface area contributed by atoms with Crippen molar-refractivity contribution < 1.29 is 4.79 Å². The van der Waals surface area contributed by atoms with Gasteiger partial charge in [-0.3, -0.25) is 14.3 Å². The van der Waals surface area contributed by atoms with Gasteiger partial charge in [-0.05, 0) is 30.5 Å². The molecule has 136 valence electrons. The van der Waals surface area contributed by atoms with Gasteiger partial charge in [-0.2, -0.15) is 5.26 Å². The van der Waals surface area contributed by atoms with E-state index in [9.17, 15) is 4.79 Å². The van der Waals surface area contributed by atoms with Crippen molar-refractivity contribution in [2.45, 2.75) is 23.9 Å². The molecule has 3 aromatic rings. The molecule has 1 amide bonds. The van der Waals surface area contributed by atoms with Crippen LogP contribution in [-0.2, 0) is 11.3 Å². The van der Waals surface area contributed by atoms with E-state index in [1.165, 1.54) is 23.1 Å². The zero-order chi connectivity index (χ0) is 19.2. The second-order valence-corrected chi connectivity index (χ2v) is 7.69. The van der Waals surface area contributed by atoms with Gasteiger partial charge >= 0.3 is 0 Å². The van der Waals surface area contributed by atoms with Crippen molar-refractivity contribution in [2.75, 3.05) is 5.32 Å². The number of pyridine rings is 1. The third kappa shape index (κ3) is 4.24. The number of carbonyl (C=O) groups is 1. The van der Waals surface area contributed by atoms with Crippen molar-refractivity contribution in [2.24, 2.45) is 0 Å². The largest absolute Gasteiger partial charge is 0.316 e. The molecule has 0 fully saturated rings. The summed E-state index contributed by atoms with van der Waals surface area (Å²) < 4.78 is 1.91. The van der Waals surface area contributed by atoms with Crippen LogP contribution in [0.2, 0.25) is 0 Å². The van der Waals surface area contributed by atoms with E-state index in [4.69, 9.17) is 5.26 Å². The van der Waals surface area contributed by atoms with Crippen LogP contribution in [-0.4, -0.2) is 30.9 Å². The number of nitrogens with one attached hydrogen (secondary N) is 1. The highest BCUT2D eigenvalue weighted by atomic mass is 32.2. The standard InChI is InChI=1S/C18H16N6OS2/c1-3-9-24-15(13-4-7-20-8-5-13)22-23-18(24)27-12(2)16(25)21-17-14(11-19)6-10-26-17/h3-8,10,12H,1,9H2,2H3,(H,21,25)/t12-/m0/s1. The van der Waals surface area contributed by atoms with E-state index in [2.05, 4.69) is 33.1 Å². The van der Waals surface area contributed by atoms with E-state index in [0.29, 0.717) is 28.1 Å². The third-order valence-corrected chi connectivity index (χ3v) is 5.55. The van der Waals surface area contributed by atoms with Crippen LogP contribution in [0.4, 0.5) is 5.00 Å². The van der Waals surface area contributed by atoms with Crippen LogP contribution in [0.3, 0.4) is 0 Å². The molecule has 0 aromatic carbocycles. The summed E-state index contributed by atoms with van der Waals surface area (Å²) in [6.07, 6.45) is 5.14. The van der Waals surface area contributed by atoms with E-state index in [0.717, 1.165) is 5.56 Å². The van der Waals surface area contributed by atoms with Crippen molar-refractivity contribution in [3.05, 3.63) is 54.2 Å². The Balaban J connectivity index is 1.78. The number of hydrogen-bond acceptors (Lipinski definition) is 7. The van der Waals surface area contributed by atoms with Gasteiger partial charge in [-0.15, -0.1) is 28.1 Å². The minimum Gasteiger partial charge on any atom is -0.316 e.